The molecule has 1 aromatic rings. The zero-order valence-corrected chi connectivity index (χ0v) is 19.8. The largest absolute Gasteiger partial charge is 0.481 e. The molecule has 0 spiro atoms. The monoisotopic (exact) mass is 539 g/mol. The topological polar surface area (TPSA) is 246 Å². The average molecular weight is 539 g/mol. The Bertz CT molecular complexity index is 1550. The van der Waals surface area contributed by atoms with E-state index in [4.69, 9.17) is 26.7 Å². The summed E-state index contributed by atoms with van der Waals surface area (Å²) in [4.78, 5) is 33.8. The number of nitrogens with one attached hydrogen (secondary N) is 1. The Labute approximate surface area is 202 Å². The number of terminal acetylenes is 1. The van der Waals surface area contributed by atoms with Crippen LogP contribution in [-0.4, -0.2) is 59.4 Å². The van der Waals surface area contributed by atoms with E-state index in [1.54, 1.807) is 18.2 Å². The van der Waals surface area contributed by atoms with Crippen molar-refractivity contribution in [1.82, 2.24) is 9.55 Å². The fourth-order valence-electron chi connectivity index (χ4n) is 3.93. The number of aromatic amines is 1. The number of benzene rings is 1. The minimum Gasteiger partial charge on any atom is -0.387 e. The van der Waals surface area contributed by atoms with Crippen molar-refractivity contribution in [3.8, 4) is 29.7 Å². The van der Waals surface area contributed by atoms with Gasteiger partial charge in [0.05, 0.1) is 23.8 Å². The Morgan fingerprint density at radius 2 is 2.00 bits per heavy atom. The first-order valence-corrected chi connectivity index (χ1v) is 13.0. The van der Waals surface area contributed by atoms with E-state index in [9.17, 15) is 29.5 Å². The first-order chi connectivity index (χ1) is 16.8. The summed E-state index contributed by atoms with van der Waals surface area (Å²) in [5.74, 6) is 0.143. The Hall–Kier alpha value is -3.04. The lowest BCUT2D eigenvalue weighted by Crippen LogP contribution is -2.35. The van der Waals surface area contributed by atoms with Gasteiger partial charge in [0.15, 0.2) is 11.7 Å². The van der Waals surface area contributed by atoms with E-state index < -0.39 is 46.8 Å². The molecule has 17 heteroatoms. The first kappa shape index (κ1) is 26.0. The van der Waals surface area contributed by atoms with Crippen molar-refractivity contribution in [2.45, 2.75) is 24.5 Å². The maximum absolute atomic E-state index is 11.7. The van der Waals surface area contributed by atoms with Crippen LogP contribution in [0, 0.1) is 23.8 Å². The number of aliphatic hydroxyl groups is 2. The molecule has 1 saturated heterocycles. The maximum Gasteiger partial charge on any atom is 0.481 e. The van der Waals surface area contributed by atoms with Gasteiger partial charge in [-0.05, 0) is 12.1 Å². The van der Waals surface area contributed by atoms with Crippen LogP contribution in [0.1, 0.15) is 11.8 Å². The normalized spacial score (nSPS) is 24.6. The summed E-state index contributed by atoms with van der Waals surface area (Å²) in [6.07, 6.45) is 0.874. The molecule has 0 saturated carbocycles. The quantitative estimate of drug-likeness (QED) is 0.160. The van der Waals surface area contributed by atoms with Crippen molar-refractivity contribution in [1.29, 1.82) is 5.26 Å². The third-order valence-electron chi connectivity index (χ3n) is 5.38. The number of pyridine rings is 1. The Kier molecular flexibility index (Phi) is 6.83. The lowest BCUT2D eigenvalue weighted by molar-refractivity contribution is -0.0532. The van der Waals surface area contributed by atoms with Gasteiger partial charge in [0.1, 0.15) is 24.1 Å². The summed E-state index contributed by atoms with van der Waals surface area (Å²) in [5, 5.41) is 30.9. The smallest absolute Gasteiger partial charge is 0.387 e. The van der Waals surface area contributed by atoms with Crippen molar-refractivity contribution in [3.05, 3.63) is 35.4 Å². The van der Waals surface area contributed by atoms with Gasteiger partial charge in [0.2, 0.25) is 0 Å². The third-order valence-corrected chi connectivity index (χ3v) is 7.53. The second kappa shape index (κ2) is 9.44. The van der Waals surface area contributed by atoms with Crippen LogP contribution in [0.5, 0.6) is 0 Å². The maximum atomic E-state index is 11.7. The molecule has 190 valence electrons. The molecular formula is C19H19N5O10P2. The number of aromatic nitrogens is 2. The molecule has 1 fully saturated rings. The SMILES string of the molecule is C#C/N=c1\c2c(N)[nH]c3cc(C#N)ccc3c-2cn1C1OC(COP(=O)(O)OP(=O)(O)O)C(O)C1O. The van der Waals surface area contributed by atoms with Crippen LogP contribution in [0.15, 0.2) is 29.4 Å². The van der Waals surface area contributed by atoms with Gasteiger partial charge < -0.3 is 44.9 Å². The van der Waals surface area contributed by atoms with Crippen molar-refractivity contribution < 1.29 is 47.6 Å². The second-order valence-corrected chi connectivity index (χ2v) is 10.5. The van der Waals surface area contributed by atoms with E-state index in [-0.39, 0.29) is 11.3 Å². The van der Waals surface area contributed by atoms with E-state index in [0.29, 0.717) is 27.6 Å². The number of H-pyrrole nitrogens is 1. The zero-order chi connectivity index (χ0) is 26.4. The number of fused-ring (bicyclic) bond motifs is 3. The predicted octanol–water partition coefficient (Wildman–Crippen LogP) is -0.135. The molecule has 15 nitrogen and oxygen atoms in total. The number of anilines is 1. The highest BCUT2D eigenvalue weighted by molar-refractivity contribution is 7.60. The molecule has 0 amide bonds. The van der Waals surface area contributed by atoms with E-state index in [1.165, 1.54) is 10.8 Å². The molecule has 1 aromatic carbocycles. The number of nitrogens with zero attached hydrogens (tertiary/aromatic N) is 3. The lowest BCUT2D eigenvalue weighted by atomic mass is 10.0. The molecule has 3 aliphatic heterocycles. The minimum absolute atomic E-state index is 0.0861. The van der Waals surface area contributed by atoms with Gasteiger partial charge in [0.25, 0.3) is 0 Å². The molecule has 4 rings (SSSR count). The van der Waals surface area contributed by atoms with Gasteiger partial charge in [-0.1, -0.05) is 12.5 Å². The van der Waals surface area contributed by atoms with Gasteiger partial charge in [-0.3, -0.25) is 4.52 Å². The number of phosphoric ester groups is 1. The number of hydrogen-bond acceptors (Lipinski definition) is 10. The summed E-state index contributed by atoms with van der Waals surface area (Å²) in [5.41, 5.74) is 8.10. The summed E-state index contributed by atoms with van der Waals surface area (Å²) in [6.45, 7) is -0.874. The molecule has 3 aliphatic rings. The highest BCUT2D eigenvalue weighted by Crippen LogP contribution is 2.57. The minimum atomic E-state index is -5.36. The van der Waals surface area contributed by atoms with E-state index >= 15 is 0 Å². The summed E-state index contributed by atoms with van der Waals surface area (Å²) in [6, 6.07) is 9.01. The van der Waals surface area contributed by atoms with Crippen molar-refractivity contribution in [3.63, 3.8) is 0 Å². The molecule has 0 radical (unpaired) electrons. The Morgan fingerprint density at radius 1 is 1.28 bits per heavy atom. The molecule has 8 N–H and O–H groups in total. The van der Waals surface area contributed by atoms with Gasteiger partial charge >= 0.3 is 15.6 Å². The number of phosphoric acid groups is 2. The molecule has 36 heavy (non-hydrogen) atoms. The average Bonchev–Trinajstić information content (AvgIpc) is 3.29. The van der Waals surface area contributed by atoms with Gasteiger partial charge in [-0.15, -0.1) is 0 Å². The number of rotatable bonds is 6. The van der Waals surface area contributed by atoms with E-state index in [2.05, 4.69) is 24.9 Å². The molecule has 0 aromatic heterocycles. The third kappa shape index (κ3) is 4.95. The number of hydrogen-bond donors (Lipinski definition) is 7. The molecule has 0 aliphatic carbocycles. The van der Waals surface area contributed by atoms with Gasteiger partial charge in [0, 0.05) is 28.7 Å². The van der Waals surface area contributed by atoms with Crippen LogP contribution in [0.4, 0.5) is 5.82 Å². The van der Waals surface area contributed by atoms with Crippen LogP contribution in [0.3, 0.4) is 0 Å². The second-order valence-electron chi connectivity index (χ2n) is 7.68. The van der Waals surface area contributed by atoms with E-state index in [0.717, 1.165) is 0 Å². The van der Waals surface area contributed by atoms with Crippen LogP contribution in [0.2, 0.25) is 0 Å². The van der Waals surface area contributed by atoms with Gasteiger partial charge in [-0.25, -0.2) is 9.13 Å². The Balaban J connectivity index is 1.73. The van der Waals surface area contributed by atoms with Crippen LogP contribution in [-0.2, 0) is 22.7 Å². The highest BCUT2D eigenvalue weighted by atomic mass is 31.3. The number of nitrogen functional groups attached to an aromatic ring is 1. The number of nitriles is 1. The first-order valence-electron chi connectivity index (χ1n) is 9.96. The van der Waals surface area contributed by atoms with Crippen LogP contribution < -0.4 is 11.2 Å². The zero-order valence-electron chi connectivity index (χ0n) is 18.0. The van der Waals surface area contributed by atoms with Gasteiger partial charge in [-0.2, -0.15) is 14.6 Å². The number of ether oxygens (including phenoxy) is 1. The number of nitrogens with two attached hydrogens (primary N) is 1. The van der Waals surface area contributed by atoms with E-state index in [1.807, 2.05) is 6.07 Å². The van der Waals surface area contributed by atoms with Crippen molar-refractivity contribution in [2.24, 2.45) is 4.99 Å². The van der Waals surface area contributed by atoms with Crippen molar-refractivity contribution >= 4 is 32.4 Å². The molecule has 5 unspecified atom stereocenters. The number of aliphatic hydroxyl groups excluding tert-OH is 2. The molecule has 5 atom stereocenters. The lowest BCUT2D eigenvalue weighted by Gasteiger charge is -2.17. The summed E-state index contributed by atoms with van der Waals surface area (Å²) >= 11 is 0. The predicted molar refractivity (Wildman–Crippen MR) is 121 cm³/mol. The summed E-state index contributed by atoms with van der Waals surface area (Å²) in [7, 11) is -10.6. The highest BCUT2D eigenvalue weighted by Gasteiger charge is 2.46. The standard InChI is InChI=1S/C19H19N5O10P2/c1-2-22-18-14-11(10-4-3-9(6-20)5-12(10)23-17(14)21)7-24(18)19-16(26)15(25)13(33-19)8-32-36(30,31)34-35(27,28)29/h1,3-5,7,13,15-16,19,23,25-26H,8,21H2,(H,30,31)(H2,27,28,29)/b22-18+. The molecular weight excluding hydrogens is 520 g/mol. The fraction of sp³-hybridized carbons (Fsp3) is 0.263. The van der Waals surface area contributed by atoms with Crippen LogP contribution >= 0.6 is 15.6 Å². The molecule has 0 bridgehead atoms. The summed E-state index contributed by atoms with van der Waals surface area (Å²) < 4.78 is 37.7. The van der Waals surface area contributed by atoms with Crippen molar-refractivity contribution in [2.75, 3.05) is 12.3 Å². The fourth-order valence-corrected chi connectivity index (χ4v) is 5.53. The van der Waals surface area contributed by atoms with Crippen LogP contribution in [0.25, 0.3) is 22.0 Å². The Morgan fingerprint density at radius 3 is 2.64 bits per heavy atom. The molecule has 3 heterocycles.